The number of halogens is 2. The van der Waals surface area contributed by atoms with Crippen molar-refractivity contribution in [3.8, 4) is 0 Å². The molecule has 0 radical (unpaired) electrons. The van der Waals surface area contributed by atoms with E-state index in [2.05, 4.69) is 0 Å². The summed E-state index contributed by atoms with van der Waals surface area (Å²) in [5.74, 6) is -2.81. The smallest absolute Gasteiger partial charge is 0.255 e. The maximum Gasteiger partial charge on any atom is 0.255 e. The molecule has 0 rings (SSSR count). The summed E-state index contributed by atoms with van der Waals surface area (Å²) in [7, 11) is 0. The summed E-state index contributed by atoms with van der Waals surface area (Å²) in [4.78, 5) is 0. The molecule has 0 aliphatic rings. The Kier molecular flexibility index (Phi) is 3.41. The van der Waals surface area contributed by atoms with E-state index in [4.69, 9.17) is 22.5 Å². The predicted molar refractivity (Wildman–Crippen MR) is 39.1 cm³/mol. The average Bonchev–Trinajstić information content (AvgIpc) is 1.62. The van der Waals surface area contributed by atoms with Gasteiger partial charge in [-0.2, -0.15) is 0 Å². The predicted octanol–water partition coefficient (Wildman–Crippen LogP) is 3.46. The highest BCUT2D eigenvalue weighted by Crippen LogP contribution is 2.61. The molecule has 0 aliphatic carbocycles. The van der Waals surface area contributed by atoms with E-state index >= 15 is 0 Å². The van der Waals surface area contributed by atoms with Gasteiger partial charge in [0, 0.05) is 5.66 Å². The summed E-state index contributed by atoms with van der Waals surface area (Å²) in [6.45, 7) is 3.68. The molecule has 50 valence electrons. The van der Waals surface area contributed by atoms with Gasteiger partial charge < -0.3 is 0 Å². The highest BCUT2D eigenvalue weighted by Gasteiger charge is 2.21. The lowest BCUT2D eigenvalue weighted by atomic mass is 10.4. The number of hydrogen-bond donors (Lipinski definition) is 0. The summed E-state index contributed by atoms with van der Waals surface area (Å²) in [5, 5.41) is 0. The fourth-order valence-electron chi connectivity index (χ4n) is 0.213. The van der Waals surface area contributed by atoms with Gasteiger partial charge in [-0.05, 0) is 28.9 Å². The van der Waals surface area contributed by atoms with Crippen molar-refractivity contribution >= 4 is 28.3 Å². The molecule has 0 N–H and O–H groups in total. The maximum atomic E-state index is 10.7. The Morgan fingerprint density at radius 2 is 2.00 bits per heavy atom. The fraction of sp³-hybridized carbons (Fsp3) is 1.00. The lowest BCUT2D eigenvalue weighted by molar-refractivity contribution is 0.584. The van der Waals surface area contributed by atoms with Gasteiger partial charge in [-0.25, -0.2) is 0 Å². The molecule has 0 fully saturated rings. The molecule has 0 heterocycles. The van der Waals surface area contributed by atoms with Gasteiger partial charge in [-0.1, -0.05) is 13.8 Å². The first-order valence-corrected chi connectivity index (χ1v) is 6.06. The lowest BCUT2D eigenvalue weighted by Gasteiger charge is -2.06. The largest absolute Gasteiger partial charge is 0.289 e. The maximum absolute atomic E-state index is 10.7. The quantitative estimate of drug-likeness (QED) is 0.587. The minimum Gasteiger partial charge on any atom is -0.289 e. The van der Waals surface area contributed by atoms with Crippen LogP contribution in [0.1, 0.15) is 20.3 Å². The van der Waals surface area contributed by atoms with E-state index in [1.807, 2.05) is 6.92 Å². The third-order valence-corrected chi connectivity index (χ3v) is 4.49. The molecule has 8 heavy (non-hydrogen) atoms. The summed E-state index contributed by atoms with van der Waals surface area (Å²) < 4.78 is 10.7. The normalized spacial score (nSPS) is 16.0. The zero-order chi connectivity index (χ0) is 6.78. The van der Waals surface area contributed by atoms with E-state index in [9.17, 15) is 4.57 Å². The van der Waals surface area contributed by atoms with Crippen molar-refractivity contribution in [3.05, 3.63) is 0 Å². The lowest BCUT2D eigenvalue weighted by Crippen LogP contribution is -1.91. The second-order valence-corrected chi connectivity index (χ2v) is 7.18. The Morgan fingerprint density at radius 3 is 2.00 bits per heavy atom. The molecule has 1 atom stereocenters. The molecule has 0 amide bonds. The molecule has 1 unspecified atom stereocenters. The van der Waals surface area contributed by atoms with Gasteiger partial charge >= 0.3 is 0 Å². The number of hydrogen-bond acceptors (Lipinski definition) is 1. The van der Waals surface area contributed by atoms with E-state index in [0.717, 1.165) is 6.42 Å². The van der Waals surface area contributed by atoms with Gasteiger partial charge in [-0.3, -0.25) is 4.57 Å². The standard InChI is InChI=1S/C4H9Cl2OP/c1-3-4(2)8(5,6)7/h4H,3H2,1-2H3. The molecule has 0 aromatic carbocycles. The summed E-state index contributed by atoms with van der Waals surface area (Å²) in [6, 6.07) is 0. The van der Waals surface area contributed by atoms with Crippen LogP contribution in [0.4, 0.5) is 0 Å². The van der Waals surface area contributed by atoms with Crippen LogP contribution in [0.25, 0.3) is 0 Å². The molecule has 0 aliphatic heterocycles. The van der Waals surface area contributed by atoms with E-state index in [1.165, 1.54) is 0 Å². The van der Waals surface area contributed by atoms with E-state index in [-0.39, 0.29) is 5.66 Å². The minimum atomic E-state index is -2.81. The Bertz CT molecular complexity index is 109. The van der Waals surface area contributed by atoms with Gasteiger partial charge in [0.25, 0.3) is 5.85 Å². The van der Waals surface area contributed by atoms with Crippen LogP contribution in [0.2, 0.25) is 0 Å². The molecule has 0 saturated heterocycles. The Labute approximate surface area is 59.3 Å². The molecule has 1 nitrogen and oxygen atoms in total. The summed E-state index contributed by atoms with van der Waals surface area (Å²) in [5.41, 5.74) is -0.0640. The summed E-state index contributed by atoms with van der Waals surface area (Å²) in [6.07, 6.45) is 0.768. The Balaban J connectivity index is 3.82. The average molecular weight is 175 g/mol. The number of rotatable bonds is 2. The monoisotopic (exact) mass is 174 g/mol. The molecular weight excluding hydrogens is 166 g/mol. The van der Waals surface area contributed by atoms with E-state index in [1.54, 1.807) is 6.92 Å². The van der Waals surface area contributed by atoms with Gasteiger partial charge in [-0.15, -0.1) is 0 Å². The van der Waals surface area contributed by atoms with Gasteiger partial charge in [0.1, 0.15) is 0 Å². The van der Waals surface area contributed by atoms with Crippen LogP contribution in [-0.2, 0) is 4.57 Å². The second kappa shape index (κ2) is 3.10. The Hall–Kier alpha value is 0.810. The first-order valence-electron chi connectivity index (χ1n) is 2.47. The molecule has 0 spiro atoms. The molecule has 4 heteroatoms. The van der Waals surface area contributed by atoms with Crippen LogP contribution in [0, 0.1) is 0 Å². The van der Waals surface area contributed by atoms with Crippen molar-refractivity contribution in [2.75, 3.05) is 0 Å². The highest BCUT2D eigenvalue weighted by atomic mass is 35.9. The molecule has 0 aromatic heterocycles. The first kappa shape index (κ1) is 8.81. The minimum absolute atomic E-state index is 0.0640. The van der Waals surface area contributed by atoms with Crippen molar-refractivity contribution in [2.45, 2.75) is 25.9 Å². The van der Waals surface area contributed by atoms with Crippen LogP contribution < -0.4 is 0 Å². The van der Waals surface area contributed by atoms with Crippen molar-refractivity contribution in [1.82, 2.24) is 0 Å². The van der Waals surface area contributed by atoms with Gasteiger partial charge in [0.2, 0.25) is 0 Å². The SMILES string of the molecule is CCC(C)P(=O)(Cl)Cl. The molecular formula is C4H9Cl2OP. The van der Waals surface area contributed by atoms with E-state index in [0.29, 0.717) is 0 Å². The van der Waals surface area contributed by atoms with Crippen molar-refractivity contribution in [2.24, 2.45) is 0 Å². The van der Waals surface area contributed by atoms with Crippen molar-refractivity contribution in [1.29, 1.82) is 0 Å². The third-order valence-electron chi connectivity index (χ3n) is 1.10. The highest BCUT2D eigenvalue weighted by molar-refractivity contribution is 8.09. The molecule has 0 saturated carbocycles. The van der Waals surface area contributed by atoms with Crippen molar-refractivity contribution in [3.63, 3.8) is 0 Å². The zero-order valence-corrected chi connectivity index (χ0v) is 7.30. The van der Waals surface area contributed by atoms with Gasteiger partial charge in [0.15, 0.2) is 0 Å². The van der Waals surface area contributed by atoms with Crippen LogP contribution in [0.15, 0.2) is 0 Å². The van der Waals surface area contributed by atoms with Crippen LogP contribution in [-0.4, -0.2) is 5.66 Å². The fourth-order valence-corrected chi connectivity index (χ4v) is 1.47. The molecule has 0 aromatic rings. The van der Waals surface area contributed by atoms with Crippen LogP contribution in [0.3, 0.4) is 0 Å². The topological polar surface area (TPSA) is 17.1 Å². The second-order valence-electron chi connectivity index (χ2n) is 1.76. The molecule has 0 bridgehead atoms. The van der Waals surface area contributed by atoms with E-state index < -0.39 is 5.85 Å². The van der Waals surface area contributed by atoms with Gasteiger partial charge in [0.05, 0.1) is 0 Å². The first-order chi connectivity index (χ1) is 3.48. The third kappa shape index (κ3) is 2.96. The van der Waals surface area contributed by atoms with Crippen LogP contribution >= 0.6 is 28.3 Å². The zero-order valence-electron chi connectivity index (χ0n) is 4.90. The van der Waals surface area contributed by atoms with Crippen molar-refractivity contribution < 1.29 is 4.57 Å². The van der Waals surface area contributed by atoms with Crippen LogP contribution in [0.5, 0.6) is 0 Å². The summed E-state index contributed by atoms with van der Waals surface area (Å²) >= 11 is 10.6. The Morgan fingerprint density at radius 1 is 1.62 bits per heavy atom.